The quantitative estimate of drug-likeness (QED) is 0.856. The summed E-state index contributed by atoms with van der Waals surface area (Å²) >= 11 is 1.59. The normalized spacial score (nSPS) is 21.1. The summed E-state index contributed by atoms with van der Waals surface area (Å²) in [6.45, 7) is 2.29. The van der Waals surface area contributed by atoms with E-state index in [0.29, 0.717) is 18.3 Å². The first-order chi connectivity index (χ1) is 7.93. The van der Waals surface area contributed by atoms with Crippen molar-refractivity contribution in [3.63, 3.8) is 0 Å². The fourth-order valence-corrected chi connectivity index (χ4v) is 2.25. The molecule has 3 heterocycles. The van der Waals surface area contributed by atoms with Crippen molar-refractivity contribution >= 4 is 11.3 Å². The van der Waals surface area contributed by atoms with E-state index in [1.807, 2.05) is 17.5 Å². The second-order valence-corrected chi connectivity index (χ2v) is 4.44. The molecule has 1 unspecified atom stereocenters. The molecule has 16 heavy (non-hydrogen) atoms. The van der Waals surface area contributed by atoms with Gasteiger partial charge in [0.1, 0.15) is 6.10 Å². The van der Waals surface area contributed by atoms with E-state index in [2.05, 4.69) is 15.5 Å². The first kappa shape index (κ1) is 9.95. The standard InChI is InChI=1S/C10H11N3O2S/c1-2-8(16-5-1)9-12-10(15-13-9)7-6-11-3-4-14-7/h1-2,5,7,11H,3-4,6H2. The van der Waals surface area contributed by atoms with Crippen LogP contribution in [0.15, 0.2) is 22.0 Å². The fourth-order valence-electron chi connectivity index (χ4n) is 1.60. The lowest BCUT2D eigenvalue weighted by atomic mass is 10.3. The van der Waals surface area contributed by atoms with Crippen molar-refractivity contribution in [2.45, 2.75) is 6.10 Å². The van der Waals surface area contributed by atoms with Gasteiger partial charge in [-0.3, -0.25) is 0 Å². The van der Waals surface area contributed by atoms with Gasteiger partial charge in [-0.1, -0.05) is 11.2 Å². The molecular weight excluding hydrogens is 226 g/mol. The maximum atomic E-state index is 5.54. The van der Waals surface area contributed by atoms with Crippen LogP contribution in [0.25, 0.3) is 10.7 Å². The Bertz CT molecular complexity index is 448. The Balaban J connectivity index is 1.82. The number of hydrogen-bond acceptors (Lipinski definition) is 6. The number of rotatable bonds is 2. The van der Waals surface area contributed by atoms with Crippen molar-refractivity contribution in [1.29, 1.82) is 0 Å². The van der Waals surface area contributed by atoms with Gasteiger partial charge in [-0.2, -0.15) is 4.98 Å². The molecule has 1 saturated heterocycles. The van der Waals surface area contributed by atoms with Crippen molar-refractivity contribution in [1.82, 2.24) is 15.5 Å². The van der Waals surface area contributed by atoms with Crippen LogP contribution in [-0.2, 0) is 4.74 Å². The highest BCUT2D eigenvalue weighted by Gasteiger charge is 2.22. The van der Waals surface area contributed by atoms with Crippen LogP contribution in [0.5, 0.6) is 0 Å². The maximum Gasteiger partial charge on any atom is 0.257 e. The van der Waals surface area contributed by atoms with E-state index in [9.17, 15) is 0 Å². The molecular formula is C10H11N3O2S. The number of hydrogen-bond donors (Lipinski definition) is 1. The third kappa shape index (κ3) is 1.87. The van der Waals surface area contributed by atoms with Gasteiger partial charge in [0.25, 0.3) is 5.89 Å². The molecule has 0 saturated carbocycles. The van der Waals surface area contributed by atoms with Gasteiger partial charge in [-0.05, 0) is 11.4 Å². The largest absolute Gasteiger partial charge is 0.366 e. The average Bonchev–Trinajstić information content (AvgIpc) is 3.01. The van der Waals surface area contributed by atoms with Crippen LogP contribution < -0.4 is 5.32 Å². The zero-order valence-corrected chi connectivity index (χ0v) is 9.37. The zero-order chi connectivity index (χ0) is 10.8. The Morgan fingerprint density at radius 3 is 3.25 bits per heavy atom. The number of thiophene rings is 1. The molecule has 0 bridgehead atoms. The Hall–Kier alpha value is -1.24. The molecule has 1 atom stereocenters. The fraction of sp³-hybridized carbons (Fsp3) is 0.400. The van der Waals surface area contributed by atoms with E-state index in [-0.39, 0.29) is 6.10 Å². The minimum absolute atomic E-state index is 0.116. The number of aromatic nitrogens is 2. The van der Waals surface area contributed by atoms with Gasteiger partial charge in [-0.25, -0.2) is 0 Å². The zero-order valence-electron chi connectivity index (χ0n) is 8.55. The topological polar surface area (TPSA) is 60.2 Å². The summed E-state index contributed by atoms with van der Waals surface area (Å²) in [6.07, 6.45) is -0.116. The highest BCUT2D eigenvalue weighted by Crippen LogP contribution is 2.24. The summed E-state index contributed by atoms with van der Waals surface area (Å²) in [4.78, 5) is 5.36. The summed E-state index contributed by atoms with van der Waals surface area (Å²) in [6, 6.07) is 3.94. The number of morpholine rings is 1. The van der Waals surface area contributed by atoms with Gasteiger partial charge < -0.3 is 14.6 Å². The molecule has 1 fully saturated rings. The van der Waals surface area contributed by atoms with Crippen LogP contribution in [0.4, 0.5) is 0 Å². The molecule has 1 aliphatic rings. The van der Waals surface area contributed by atoms with Crippen LogP contribution in [0.1, 0.15) is 12.0 Å². The van der Waals surface area contributed by atoms with E-state index in [0.717, 1.165) is 18.0 Å². The molecule has 0 spiro atoms. The third-order valence-electron chi connectivity index (χ3n) is 2.39. The van der Waals surface area contributed by atoms with E-state index < -0.39 is 0 Å². The molecule has 6 heteroatoms. The summed E-state index contributed by atoms with van der Waals surface area (Å²) in [5, 5.41) is 9.17. The van der Waals surface area contributed by atoms with Crippen molar-refractivity contribution in [2.75, 3.05) is 19.7 Å². The van der Waals surface area contributed by atoms with Gasteiger partial charge in [0.15, 0.2) is 0 Å². The molecule has 3 rings (SSSR count). The van der Waals surface area contributed by atoms with Crippen molar-refractivity contribution in [3.05, 3.63) is 23.4 Å². The molecule has 0 radical (unpaired) electrons. The van der Waals surface area contributed by atoms with Crippen LogP contribution in [0.3, 0.4) is 0 Å². The predicted octanol–water partition coefficient (Wildman–Crippen LogP) is 1.46. The molecule has 0 aliphatic carbocycles. The predicted molar refractivity (Wildman–Crippen MR) is 59.2 cm³/mol. The second-order valence-electron chi connectivity index (χ2n) is 3.50. The lowest BCUT2D eigenvalue weighted by Gasteiger charge is -2.19. The van der Waals surface area contributed by atoms with Crippen LogP contribution in [0, 0.1) is 0 Å². The SMILES string of the molecule is c1csc(-c2noc(C3CNCCO3)n2)c1. The van der Waals surface area contributed by atoms with Gasteiger partial charge in [0.2, 0.25) is 5.82 Å². The van der Waals surface area contributed by atoms with Crippen LogP contribution >= 0.6 is 11.3 Å². The third-order valence-corrected chi connectivity index (χ3v) is 3.25. The summed E-state index contributed by atoms with van der Waals surface area (Å²) in [7, 11) is 0. The Morgan fingerprint density at radius 1 is 1.50 bits per heavy atom. The van der Waals surface area contributed by atoms with Gasteiger partial charge in [0, 0.05) is 13.1 Å². The summed E-state index contributed by atoms with van der Waals surface area (Å²) < 4.78 is 10.7. The van der Waals surface area contributed by atoms with E-state index in [1.54, 1.807) is 11.3 Å². The molecule has 1 N–H and O–H groups in total. The number of nitrogens with zero attached hydrogens (tertiary/aromatic N) is 2. The average molecular weight is 237 g/mol. The monoisotopic (exact) mass is 237 g/mol. The molecule has 0 amide bonds. The minimum atomic E-state index is -0.116. The second kappa shape index (κ2) is 4.32. The van der Waals surface area contributed by atoms with Gasteiger partial charge >= 0.3 is 0 Å². The lowest BCUT2D eigenvalue weighted by Crippen LogP contribution is -2.33. The van der Waals surface area contributed by atoms with E-state index in [4.69, 9.17) is 9.26 Å². The van der Waals surface area contributed by atoms with Crippen molar-refractivity contribution in [2.24, 2.45) is 0 Å². The molecule has 2 aromatic heterocycles. The van der Waals surface area contributed by atoms with E-state index >= 15 is 0 Å². The Kier molecular flexibility index (Phi) is 2.69. The first-order valence-corrected chi connectivity index (χ1v) is 6.01. The minimum Gasteiger partial charge on any atom is -0.366 e. The highest BCUT2D eigenvalue weighted by atomic mass is 32.1. The first-order valence-electron chi connectivity index (χ1n) is 5.13. The van der Waals surface area contributed by atoms with Crippen molar-refractivity contribution < 1.29 is 9.26 Å². The van der Waals surface area contributed by atoms with E-state index in [1.165, 1.54) is 0 Å². The maximum absolute atomic E-state index is 5.54. The Morgan fingerprint density at radius 2 is 2.50 bits per heavy atom. The molecule has 2 aromatic rings. The molecule has 84 valence electrons. The summed E-state index contributed by atoms with van der Waals surface area (Å²) in [5.41, 5.74) is 0. The number of nitrogens with one attached hydrogen (secondary N) is 1. The number of ether oxygens (including phenoxy) is 1. The van der Waals surface area contributed by atoms with Gasteiger partial charge in [0.05, 0.1) is 11.5 Å². The van der Waals surface area contributed by atoms with Crippen molar-refractivity contribution in [3.8, 4) is 10.7 Å². The smallest absolute Gasteiger partial charge is 0.257 e. The van der Waals surface area contributed by atoms with Crippen LogP contribution in [-0.4, -0.2) is 29.8 Å². The summed E-state index contributed by atoms with van der Waals surface area (Å²) in [5.74, 6) is 1.19. The molecule has 5 nitrogen and oxygen atoms in total. The Labute approximate surface area is 96.4 Å². The van der Waals surface area contributed by atoms with Gasteiger partial charge in [-0.15, -0.1) is 11.3 Å². The highest BCUT2D eigenvalue weighted by molar-refractivity contribution is 7.13. The molecule has 0 aromatic carbocycles. The molecule has 1 aliphatic heterocycles. The van der Waals surface area contributed by atoms with Crippen LogP contribution in [0.2, 0.25) is 0 Å². The lowest BCUT2D eigenvalue weighted by molar-refractivity contribution is 0.00755.